The Morgan fingerprint density at radius 1 is 0.865 bits per heavy atom. The highest BCUT2D eigenvalue weighted by atomic mass is 35.5. The van der Waals surface area contributed by atoms with Gasteiger partial charge in [0.25, 0.3) is 5.91 Å². The fourth-order valence-corrected chi connectivity index (χ4v) is 5.05. The van der Waals surface area contributed by atoms with Crippen molar-refractivity contribution in [2.45, 2.75) is 50.7 Å². The second kappa shape index (κ2) is 13.2. The van der Waals surface area contributed by atoms with Gasteiger partial charge in [0.05, 0.1) is 15.1 Å². The Morgan fingerprint density at radius 2 is 1.57 bits per heavy atom. The molecule has 0 heterocycles. The molecule has 0 aromatic heterocycles. The summed E-state index contributed by atoms with van der Waals surface area (Å²) >= 11 is 18.6. The average Bonchev–Trinajstić information content (AvgIpc) is 3.41. The molecule has 0 radical (unpaired) electrons. The van der Waals surface area contributed by atoms with Crippen LogP contribution < -0.4 is 10.1 Å². The van der Waals surface area contributed by atoms with Crippen LogP contribution in [0.2, 0.25) is 15.1 Å². The summed E-state index contributed by atoms with van der Waals surface area (Å²) in [7, 11) is 0. The fourth-order valence-electron chi connectivity index (χ4n) is 4.54. The largest absolute Gasteiger partial charge is 0.482 e. The van der Waals surface area contributed by atoms with Gasteiger partial charge in [-0.15, -0.1) is 0 Å². The Hall–Kier alpha value is -2.73. The highest BCUT2D eigenvalue weighted by molar-refractivity contribution is 6.42. The lowest BCUT2D eigenvalue weighted by Crippen LogP contribution is -2.53. The quantitative estimate of drug-likeness (QED) is 0.300. The van der Waals surface area contributed by atoms with E-state index in [4.69, 9.17) is 39.5 Å². The number of ether oxygens (including phenoxy) is 1. The van der Waals surface area contributed by atoms with E-state index < -0.39 is 6.04 Å². The van der Waals surface area contributed by atoms with E-state index in [1.54, 1.807) is 47.4 Å². The SMILES string of the molecule is O=C(NC1CCCC1)[C@H](Cc1ccccc1)N(Cc1ccc(Cl)c(Cl)c1)C(=O)COc1ccccc1Cl. The van der Waals surface area contributed by atoms with Crippen molar-refractivity contribution >= 4 is 46.6 Å². The van der Waals surface area contributed by atoms with Crippen LogP contribution in [-0.4, -0.2) is 35.4 Å². The number of carbonyl (C=O) groups is 2. The van der Waals surface area contributed by atoms with Crippen LogP contribution in [0.3, 0.4) is 0 Å². The molecule has 0 bridgehead atoms. The van der Waals surface area contributed by atoms with Crippen LogP contribution in [0.25, 0.3) is 0 Å². The first-order valence-corrected chi connectivity index (χ1v) is 13.5. The number of amides is 2. The molecule has 1 aliphatic carbocycles. The summed E-state index contributed by atoms with van der Waals surface area (Å²) in [5, 5.41) is 4.39. The molecular weight excluding hydrogens is 531 g/mol. The van der Waals surface area contributed by atoms with Gasteiger partial charge in [0, 0.05) is 19.0 Å². The van der Waals surface area contributed by atoms with Gasteiger partial charge in [0.15, 0.2) is 6.61 Å². The van der Waals surface area contributed by atoms with Crippen LogP contribution in [-0.2, 0) is 22.6 Å². The minimum atomic E-state index is -0.750. The van der Waals surface area contributed by atoms with Crippen molar-refractivity contribution in [2.24, 2.45) is 0 Å². The number of carbonyl (C=O) groups excluding carboxylic acids is 2. The van der Waals surface area contributed by atoms with Gasteiger partial charge in [-0.05, 0) is 48.2 Å². The lowest BCUT2D eigenvalue weighted by Gasteiger charge is -2.32. The minimum absolute atomic E-state index is 0.118. The first-order valence-electron chi connectivity index (χ1n) is 12.4. The summed E-state index contributed by atoms with van der Waals surface area (Å²) in [5.41, 5.74) is 1.71. The van der Waals surface area contributed by atoms with Gasteiger partial charge in [-0.2, -0.15) is 0 Å². The maximum absolute atomic E-state index is 13.7. The van der Waals surface area contributed by atoms with E-state index >= 15 is 0 Å². The zero-order chi connectivity index (χ0) is 26.2. The minimum Gasteiger partial charge on any atom is -0.482 e. The predicted molar refractivity (Wildman–Crippen MR) is 148 cm³/mol. The number of para-hydroxylation sites is 1. The second-order valence-corrected chi connectivity index (χ2v) is 10.4. The van der Waals surface area contributed by atoms with Crippen molar-refractivity contribution in [2.75, 3.05) is 6.61 Å². The lowest BCUT2D eigenvalue weighted by atomic mass is 10.0. The third-order valence-electron chi connectivity index (χ3n) is 6.50. The first kappa shape index (κ1) is 27.3. The Bertz CT molecular complexity index is 1220. The van der Waals surface area contributed by atoms with Crippen molar-refractivity contribution < 1.29 is 14.3 Å². The third-order valence-corrected chi connectivity index (χ3v) is 7.55. The molecule has 2 amide bonds. The lowest BCUT2D eigenvalue weighted by molar-refractivity contribution is -0.143. The van der Waals surface area contributed by atoms with Gasteiger partial charge in [-0.25, -0.2) is 0 Å². The van der Waals surface area contributed by atoms with Crippen LogP contribution in [0.15, 0.2) is 72.8 Å². The van der Waals surface area contributed by atoms with Gasteiger partial charge in [0.1, 0.15) is 11.8 Å². The monoisotopic (exact) mass is 558 g/mol. The fraction of sp³-hybridized carbons (Fsp3) is 0.310. The topological polar surface area (TPSA) is 58.6 Å². The number of nitrogens with one attached hydrogen (secondary N) is 1. The van der Waals surface area contributed by atoms with E-state index in [1.165, 1.54) is 0 Å². The van der Waals surface area contributed by atoms with Crippen LogP contribution in [0, 0.1) is 0 Å². The molecule has 0 spiro atoms. The highest BCUT2D eigenvalue weighted by Gasteiger charge is 2.32. The number of rotatable bonds is 10. The normalized spacial score (nSPS) is 14.2. The smallest absolute Gasteiger partial charge is 0.261 e. The summed E-state index contributed by atoms with van der Waals surface area (Å²) in [6.07, 6.45) is 4.43. The van der Waals surface area contributed by atoms with Gasteiger partial charge in [0.2, 0.25) is 5.91 Å². The zero-order valence-corrected chi connectivity index (χ0v) is 22.6. The maximum Gasteiger partial charge on any atom is 0.261 e. The number of nitrogens with zero attached hydrogens (tertiary/aromatic N) is 1. The molecule has 5 nitrogen and oxygen atoms in total. The Balaban J connectivity index is 1.63. The van der Waals surface area contributed by atoms with Crippen LogP contribution in [0.5, 0.6) is 5.75 Å². The highest BCUT2D eigenvalue weighted by Crippen LogP contribution is 2.26. The molecule has 1 fully saturated rings. The molecule has 1 atom stereocenters. The standard InChI is InChI=1S/C29H29Cl3N2O3/c30-23-15-14-21(16-25(23)32)18-34(28(35)19-37-27-13-7-6-12-24(27)31)26(17-20-8-2-1-3-9-20)29(36)33-22-10-4-5-11-22/h1-3,6-9,12-16,22,26H,4-5,10-11,17-19H2,(H,33,36)/t26-/m0/s1. The molecule has 3 aromatic carbocycles. The number of hydrogen-bond donors (Lipinski definition) is 1. The van der Waals surface area contributed by atoms with Gasteiger partial charge < -0.3 is 15.0 Å². The van der Waals surface area contributed by atoms with Crippen molar-refractivity contribution in [3.63, 3.8) is 0 Å². The summed E-state index contributed by atoms with van der Waals surface area (Å²) in [6, 6.07) is 21.2. The molecule has 8 heteroatoms. The maximum atomic E-state index is 13.7. The molecule has 0 unspecified atom stereocenters. The van der Waals surface area contributed by atoms with Crippen LogP contribution in [0.4, 0.5) is 0 Å². The van der Waals surface area contributed by atoms with E-state index in [2.05, 4.69) is 5.32 Å². The van der Waals surface area contributed by atoms with E-state index in [9.17, 15) is 9.59 Å². The average molecular weight is 560 g/mol. The molecule has 0 saturated heterocycles. The predicted octanol–water partition coefficient (Wildman–Crippen LogP) is 6.72. The second-order valence-electron chi connectivity index (χ2n) is 9.18. The summed E-state index contributed by atoms with van der Waals surface area (Å²) in [6.45, 7) is -0.107. The van der Waals surface area contributed by atoms with Gasteiger partial charge in [-0.3, -0.25) is 9.59 Å². The van der Waals surface area contributed by atoms with Crippen molar-refractivity contribution in [3.05, 3.63) is 99.0 Å². The Labute approximate surface area is 232 Å². The molecule has 3 aromatic rings. The number of benzene rings is 3. The van der Waals surface area contributed by atoms with Gasteiger partial charge >= 0.3 is 0 Å². The molecule has 1 saturated carbocycles. The van der Waals surface area contributed by atoms with Crippen LogP contribution in [0.1, 0.15) is 36.8 Å². The van der Waals surface area contributed by atoms with Crippen molar-refractivity contribution in [1.82, 2.24) is 10.2 Å². The summed E-state index contributed by atoms with van der Waals surface area (Å²) in [4.78, 5) is 28.9. The molecule has 1 N–H and O–H groups in total. The molecular formula is C29H29Cl3N2O3. The third kappa shape index (κ3) is 7.64. The van der Waals surface area contributed by atoms with E-state index in [-0.39, 0.29) is 31.0 Å². The van der Waals surface area contributed by atoms with Crippen LogP contribution >= 0.6 is 34.8 Å². The molecule has 4 rings (SSSR count). The summed E-state index contributed by atoms with van der Waals surface area (Å²) in [5.74, 6) is -0.113. The molecule has 194 valence electrons. The van der Waals surface area contributed by atoms with E-state index in [1.807, 2.05) is 30.3 Å². The zero-order valence-electron chi connectivity index (χ0n) is 20.3. The number of hydrogen-bond acceptors (Lipinski definition) is 3. The molecule has 0 aliphatic heterocycles. The van der Waals surface area contributed by atoms with Crippen molar-refractivity contribution in [1.29, 1.82) is 0 Å². The Kier molecular flexibility index (Phi) is 9.73. The van der Waals surface area contributed by atoms with E-state index in [0.717, 1.165) is 36.8 Å². The first-order chi connectivity index (χ1) is 17.9. The number of halogens is 3. The van der Waals surface area contributed by atoms with Gasteiger partial charge in [-0.1, -0.05) is 96.2 Å². The van der Waals surface area contributed by atoms with E-state index in [0.29, 0.717) is 27.2 Å². The van der Waals surface area contributed by atoms with Crippen molar-refractivity contribution in [3.8, 4) is 5.75 Å². The molecule has 37 heavy (non-hydrogen) atoms. The summed E-state index contributed by atoms with van der Waals surface area (Å²) < 4.78 is 5.77. The Morgan fingerprint density at radius 3 is 2.27 bits per heavy atom. The molecule has 1 aliphatic rings.